The molecule has 0 saturated carbocycles. The molecule has 0 bridgehead atoms. The highest BCUT2D eigenvalue weighted by atomic mass is 16.3. The number of nitrogens with zero attached hydrogens (tertiary/aromatic N) is 4. The van der Waals surface area contributed by atoms with Gasteiger partial charge in [-0.3, -0.25) is 9.55 Å². The summed E-state index contributed by atoms with van der Waals surface area (Å²) in [5.41, 5.74) is 4.83. The average molecular weight is 344 g/mol. The lowest BCUT2D eigenvalue weighted by atomic mass is 10.1. The van der Waals surface area contributed by atoms with Crippen molar-refractivity contribution >= 4 is 10.9 Å². The molecule has 1 aromatic carbocycles. The number of benzene rings is 1. The molecule has 0 fully saturated rings. The van der Waals surface area contributed by atoms with Crippen LogP contribution in [-0.2, 0) is 6.42 Å². The summed E-state index contributed by atoms with van der Waals surface area (Å²) in [7, 11) is 0. The van der Waals surface area contributed by atoms with Gasteiger partial charge in [-0.1, -0.05) is 25.1 Å². The van der Waals surface area contributed by atoms with Crippen LogP contribution in [0, 0.1) is 0 Å². The van der Waals surface area contributed by atoms with Crippen molar-refractivity contribution < 1.29 is 5.11 Å². The first kappa shape index (κ1) is 16.4. The van der Waals surface area contributed by atoms with E-state index >= 15 is 0 Å². The topological polar surface area (TPSA) is 63.8 Å². The third kappa shape index (κ3) is 2.86. The maximum absolute atomic E-state index is 10.1. The molecule has 1 atom stereocenters. The van der Waals surface area contributed by atoms with Crippen molar-refractivity contribution in [2.24, 2.45) is 0 Å². The highest BCUT2D eigenvalue weighted by Gasteiger charge is 2.14. The summed E-state index contributed by atoms with van der Waals surface area (Å²) in [6, 6.07) is 12.0. The minimum Gasteiger partial charge on any atom is -0.389 e. The van der Waals surface area contributed by atoms with Crippen molar-refractivity contribution in [3.05, 3.63) is 72.3 Å². The van der Waals surface area contributed by atoms with Crippen LogP contribution in [0.1, 0.15) is 31.1 Å². The van der Waals surface area contributed by atoms with Crippen molar-refractivity contribution in [2.45, 2.75) is 26.4 Å². The molecule has 3 heterocycles. The van der Waals surface area contributed by atoms with Gasteiger partial charge < -0.3 is 5.11 Å². The second-order valence-corrected chi connectivity index (χ2v) is 6.32. The number of hydrogen-bond donors (Lipinski definition) is 1. The van der Waals surface area contributed by atoms with E-state index in [1.807, 2.05) is 47.3 Å². The number of pyridine rings is 1. The van der Waals surface area contributed by atoms with Crippen molar-refractivity contribution in [1.82, 2.24) is 19.5 Å². The summed E-state index contributed by atoms with van der Waals surface area (Å²) in [5.74, 6) is 0.573. The molecular weight excluding hydrogens is 324 g/mol. The summed E-state index contributed by atoms with van der Waals surface area (Å²) < 4.78 is 1.91. The summed E-state index contributed by atoms with van der Waals surface area (Å²) >= 11 is 0. The Balaban J connectivity index is 1.77. The Labute approximate surface area is 152 Å². The second-order valence-electron chi connectivity index (χ2n) is 6.32. The molecule has 4 rings (SSSR count). The van der Waals surface area contributed by atoms with Gasteiger partial charge >= 0.3 is 0 Å². The quantitative estimate of drug-likeness (QED) is 0.605. The highest BCUT2D eigenvalue weighted by molar-refractivity contribution is 5.85. The molecular formula is C21H20N4O. The number of aryl methyl sites for hydroxylation is 1. The fraction of sp³-hybridized carbons (Fsp3) is 0.190. The Morgan fingerprint density at radius 2 is 1.85 bits per heavy atom. The summed E-state index contributed by atoms with van der Waals surface area (Å²) in [6.45, 7) is 3.89. The van der Waals surface area contributed by atoms with Crippen molar-refractivity contribution in [2.75, 3.05) is 0 Å². The van der Waals surface area contributed by atoms with Crippen LogP contribution in [0.15, 0.2) is 61.2 Å². The molecule has 4 aromatic rings. The zero-order valence-electron chi connectivity index (χ0n) is 14.8. The SMILES string of the molecule is CCc1ccnc(-c2cnc(-n3cc(C(C)O)c4ccccc43)nc2)c1. The monoisotopic (exact) mass is 344 g/mol. The van der Waals surface area contributed by atoms with Gasteiger partial charge in [0.05, 0.1) is 17.3 Å². The fourth-order valence-corrected chi connectivity index (χ4v) is 3.13. The van der Waals surface area contributed by atoms with Gasteiger partial charge in [0.2, 0.25) is 5.95 Å². The molecule has 0 aliphatic rings. The molecule has 130 valence electrons. The van der Waals surface area contributed by atoms with E-state index in [9.17, 15) is 5.11 Å². The van der Waals surface area contributed by atoms with Crippen LogP contribution in [0.3, 0.4) is 0 Å². The summed E-state index contributed by atoms with van der Waals surface area (Å²) in [5, 5.41) is 11.1. The first-order valence-electron chi connectivity index (χ1n) is 8.73. The zero-order valence-corrected chi connectivity index (χ0v) is 14.8. The van der Waals surface area contributed by atoms with Crippen molar-refractivity contribution in [3.63, 3.8) is 0 Å². The minimum absolute atomic E-state index is 0.554. The van der Waals surface area contributed by atoms with E-state index in [-0.39, 0.29) is 0 Å². The van der Waals surface area contributed by atoms with Crippen LogP contribution in [0.25, 0.3) is 28.1 Å². The van der Waals surface area contributed by atoms with Crippen LogP contribution in [0.5, 0.6) is 0 Å². The Hall–Kier alpha value is -3.05. The molecule has 5 heteroatoms. The normalized spacial score (nSPS) is 12.4. The molecule has 0 spiro atoms. The summed E-state index contributed by atoms with van der Waals surface area (Å²) in [4.78, 5) is 13.5. The maximum atomic E-state index is 10.1. The maximum Gasteiger partial charge on any atom is 0.234 e. The van der Waals surface area contributed by atoms with Gasteiger partial charge in [0.1, 0.15) is 0 Å². The number of aliphatic hydroxyl groups is 1. The van der Waals surface area contributed by atoms with E-state index in [4.69, 9.17) is 0 Å². The van der Waals surface area contributed by atoms with Crippen molar-refractivity contribution in [1.29, 1.82) is 0 Å². The van der Waals surface area contributed by atoms with Gasteiger partial charge in [0.25, 0.3) is 0 Å². The number of para-hydroxylation sites is 1. The molecule has 0 amide bonds. The minimum atomic E-state index is -0.554. The molecule has 1 unspecified atom stereocenters. The smallest absolute Gasteiger partial charge is 0.234 e. The predicted molar refractivity (Wildman–Crippen MR) is 102 cm³/mol. The molecule has 3 aromatic heterocycles. The molecule has 5 nitrogen and oxygen atoms in total. The number of aromatic nitrogens is 4. The van der Waals surface area contributed by atoms with Gasteiger partial charge in [0.15, 0.2) is 0 Å². The van der Waals surface area contributed by atoms with E-state index in [2.05, 4.69) is 27.9 Å². The standard InChI is InChI=1S/C21H20N4O/c1-3-15-8-9-22-19(10-15)16-11-23-21(24-12-16)25-13-18(14(2)26)17-6-4-5-7-20(17)25/h4-14,26H,3H2,1-2H3. The molecule has 0 radical (unpaired) electrons. The Kier molecular flexibility index (Phi) is 4.22. The number of fused-ring (bicyclic) bond motifs is 1. The number of aliphatic hydroxyl groups excluding tert-OH is 1. The van der Waals surface area contributed by atoms with Crippen molar-refractivity contribution in [3.8, 4) is 17.2 Å². The Bertz CT molecular complexity index is 1050. The largest absolute Gasteiger partial charge is 0.389 e. The third-order valence-electron chi connectivity index (χ3n) is 4.57. The Morgan fingerprint density at radius 3 is 2.58 bits per heavy atom. The molecule has 0 aliphatic carbocycles. The first-order chi connectivity index (χ1) is 12.7. The molecule has 0 saturated heterocycles. The lowest BCUT2D eigenvalue weighted by Crippen LogP contribution is -2.00. The third-order valence-corrected chi connectivity index (χ3v) is 4.57. The van der Waals surface area contributed by atoms with E-state index in [1.165, 1.54) is 5.56 Å². The number of rotatable bonds is 4. The van der Waals surface area contributed by atoms with Gasteiger partial charge in [-0.05, 0) is 37.1 Å². The molecule has 0 aliphatic heterocycles. The van der Waals surface area contributed by atoms with E-state index in [0.29, 0.717) is 5.95 Å². The zero-order chi connectivity index (χ0) is 18.1. The van der Waals surface area contributed by atoms with Crippen LogP contribution >= 0.6 is 0 Å². The summed E-state index contributed by atoms with van der Waals surface area (Å²) in [6.07, 6.45) is 7.71. The molecule has 26 heavy (non-hydrogen) atoms. The van der Waals surface area contributed by atoms with E-state index in [0.717, 1.165) is 34.1 Å². The van der Waals surface area contributed by atoms with Gasteiger partial charge in [-0.25, -0.2) is 9.97 Å². The van der Waals surface area contributed by atoms with Gasteiger partial charge in [0, 0.05) is 41.3 Å². The van der Waals surface area contributed by atoms with Gasteiger partial charge in [-0.15, -0.1) is 0 Å². The highest BCUT2D eigenvalue weighted by Crippen LogP contribution is 2.28. The van der Waals surface area contributed by atoms with Gasteiger partial charge in [-0.2, -0.15) is 0 Å². The molecule has 1 N–H and O–H groups in total. The van der Waals surface area contributed by atoms with Crippen LogP contribution < -0.4 is 0 Å². The van der Waals surface area contributed by atoms with Crippen LogP contribution in [0.4, 0.5) is 0 Å². The number of hydrogen-bond acceptors (Lipinski definition) is 4. The van der Waals surface area contributed by atoms with E-state index in [1.54, 1.807) is 19.3 Å². The Morgan fingerprint density at radius 1 is 1.08 bits per heavy atom. The second kappa shape index (κ2) is 6.69. The first-order valence-corrected chi connectivity index (χ1v) is 8.73. The van der Waals surface area contributed by atoms with Crippen LogP contribution in [-0.4, -0.2) is 24.6 Å². The fourth-order valence-electron chi connectivity index (χ4n) is 3.13. The lowest BCUT2D eigenvalue weighted by Gasteiger charge is -2.06. The predicted octanol–water partition coefficient (Wildman–Crippen LogP) is 4.10. The lowest BCUT2D eigenvalue weighted by molar-refractivity contribution is 0.201. The van der Waals surface area contributed by atoms with E-state index < -0.39 is 6.10 Å². The average Bonchev–Trinajstić information content (AvgIpc) is 3.08. The van der Waals surface area contributed by atoms with Crippen LogP contribution in [0.2, 0.25) is 0 Å².